The number of carboxylic acids is 1. The van der Waals surface area contributed by atoms with Crippen LogP contribution in [-0.4, -0.2) is 43.2 Å². The zero-order chi connectivity index (χ0) is 26.6. The number of fused-ring (bicyclic) bond motifs is 2. The Bertz CT molecular complexity index is 1540. The number of rotatable bonds is 7. The maximum Gasteiger partial charge on any atom is 0.335 e. The van der Waals surface area contributed by atoms with Gasteiger partial charge in [0.05, 0.1) is 35.6 Å². The summed E-state index contributed by atoms with van der Waals surface area (Å²) in [6.45, 7) is 8.45. The lowest BCUT2D eigenvalue weighted by Gasteiger charge is -2.21. The number of methoxy groups -OCH3 is 1. The molecule has 0 unspecified atom stereocenters. The highest BCUT2D eigenvalue weighted by molar-refractivity contribution is 5.96. The predicted octanol–water partition coefficient (Wildman–Crippen LogP) is 4.93. The summed E-state index contributed by atoms with van der Waals surface area (Å²) in [5, 5.41) is 13.6. The number of benzene rings is 1. The number of imidazole rings is 1. The molecule has 0 aliphatic heterocycles. The average molecular weight is 504 g/mol. The van der Waals surface area contributed by atoms with Crippen LogP contribution in [0.3, 0.4) is 0 Å². The van der Waals surface area contributed by atoms with Crippen LogP contribution in [0.15, 0.2) is 30.3 Å². The van der Waals surface area contributed by atoms with Crippen molar-refractivity contribution < 1.29 is 19.4 Å². The first-order chi connectivity index (χ1) is 17.5. The minimum absolute atomic E-state index is 0.0228. The quantitative estimate of drug-likeness (QED) is 0.370. The number of aromatic carboxylic acids is 1. The summed E-state index contributed by atoms with van der Waals surface area (Å²) >= 11 is 0. The van der Waals surface area contributed by atoms with Gasteiger partial charge in [0.2, 0.25) is 5.91 Å². The van der Waals surface area contributed by atoms with Crippen molar-refractivity contribution in [2.24, 2.45) is 18.4 Å². The van der Waals surface area contributed by atoms with E-state index in [1.165, 1.54) is 26.0 Å². The molecule has 1 atom stereocenters. The fourth-order valence-corrected chi connectivity index (χ4v) is 4.62. The van der Waals surface area contributed by atoms with Gasteiger partial charge >= 0.3 is 5.97 Å². The molecule has 2 N–H and O–H groups in total. The van der Waals surface area contributed by atoms with Crippen molar-refractivity contribution in [3.63, 3.8) is 0 Å². The van der Waals surface area contributed by atoms with Crippen molar-refractivity contribution in [3.8, 4) is 17.3 Å². The normalized spacial score (nSPS) is 14.8. The topological polar surface area (TPSA) is 111 Å². The lowest BCUT2D eigenvalue weighted by molar-refractivity contribution is -0.129. The number of aromatic nitrogens is 4. The van der Waals surface area contributed by atoms with Crippen LogP contribution >= 0.6 is 0 Å². The number of ether oxygens (including phenoxy) is 1. The summed E-state index contributed by atoms with van der Waals surface area (Å²) < 4.78 is 9.69. The van der Waals surface area contributed by atoms with Gasteiger partial charge in [-0.25, -0.2) is 14.8 Å². The Morgan fingerprint density at radius 2 is 1.92 bits per heavy atom. The molecule has 4 aromatic rings. The molecule has 1 aromatic carbocycles. The number of pyridine rings is 1. The average Bonchev–Trinajstić information content (AvgIpc) is 3.51. The first-order valence-electron chi connectivity index (χ1n) is 12.6. The second-order valence-electron chi connectivity index (χ2n) is 11.0. The Morgan fingerprint density at radius 3 is 2.54 bits per heavy atom. The Hall–Kier alpha value is -3.88. The summed E-state index contributed by atoms with van der Waals surface area (Å²) in [6, 6.07) is 8.94. The summed E-state index contributed by atoms with van der Waals surface area (Å²) in [5.41, 5.74) is 3.49. The van der Waals surface area contributed by atoms with Gasteiger partial charge in [0.25, 0.3) is 0 Å². The molecule has 1 fully saturated rings. The number of hydrogen-bond donors (Lipinski definition) is 2. The van der Waals surface area contributed by atoms with Crippen LogP contribution < -0.4 is 10.1 Å². The number of carboxylic acid groups (broad SMARTS) is 1. The van der Waals surface area contributed by atoms with Crippen LogP contribution in [-0.2, 0) is 18.4 Å². The molecular formula is C28H33N5O4. The van der Waals surface area contributed by atoms with Crippen LogP contribution in [0.25, 0.3) is 33.6 Å². The third kappa shape index (κ3) is 4.54. The molecule has 1 aliphatic carbocycles. The van der Waals surface area contributed by atoms with Crippen molar-refractivity contribution in [1.29, 1.82) is 0 Å². The first-order valence-corrected chi connectivity index (χ1v) is 12.6. The van der Waals surface area contributed by atoms with E-state index in [1.807, 2.05) is 51.4 Å². The third-order valence-electron chi connectivity index (χ3n) is 7.01. The largest absolute Gasteiger partial charge is 0.494 e. The van der Waals surface area contributed by atoms with Crippen molar-refractivity contribution in [1.82, 2.24) is 24.4 Å². The molecule has 1 saturated carbocycles. The second kappa shape index (κ2) is 8.90. The van der Waals surface area contributed by atoms with Crippen LogP contribution in [0.1, 0.15) is 62.6 Å². The second-order valence-corrected chi connectivity index (χ2v) is 11.0. The smallest absolute Gasteiger partial charge is 0.335 e. The number of nitrogens with zero attached hydrogens (tertiary/aromatic N) is 4. The van der Waals surface area contributed by atoms with Crippen LogP contribution in [0.5, 0.6) is 5.75 Å². The van der Waals surface area contributed by atoms with E-state index in [1.54, 1.807) is 6.07 Å². The molecule has 1 aliphatic rings. The number of amides is 1. The van der Waals surface area contributed by atoms with Crippen molar-refractivity contribution in [2.75, 3.05) is 7.11 Å². The van der Waals surface area contributed by atoms with E-state index in [-0.39, 0.29) is 17.5 Å². The van der Waals surface area contributed by atoms with Crippen LogP contribution in [0, 0.1) is 11.3 Å². The lowest BCUT2D eigenvalue weighted by atomic mass is 9.95. The SMILES string of the molecule is COc1cc(C(=O)O)cc2nc(-c3cc4ccc([C@@H](C)NC(=O)C(C)(C)C)nc4n3CC3CC3)n(C)c12. The van der Waals surface area contributed by atoms with Gasteiger partial charge in [0, 0.05) is 24.4 Å². The molecule has 5 rings (SSSR count). The van der Waals surface area contributed by atoms with Crippen molar-refractivity contribution >= 4 is 33.9 Å². The molecule has 0 spiro atoms. The Kier molecular flexibility index (Phi) is 5.96. The zero-order valence-electron chi connectivity index (χ0n) is 22.1. The van der Waals surface area contributed by atoms with Crippen LogP contribution in [0.4, 0.5) is 0 Å². The molecule has 37 heavy (non-hydrogen) atoms. The van der Waals surface area contributed by atoms with E-state index in [0.29, 0.717) is 23.0 Å². The summed E-state index contributed by atoms with van der Waals surface area (Å²) in [4.78, 5) is 34.1. The molecule has 0 saturated heterocycles. The predicted molar refractivity (Wildman–Crippen MR) is 142 cm³/mol. The summed E-state index contributed by atoms with van der Waals surface area (Å²) in [6.07, 6.45) is 2.35. The number of carbonyl (C=O) groups is 2. The molecule has 1 amide bonds. The van der Waals surface area contributed by atoms with E-state index in [0.717, 1.165) is 34.5 Å². The fourth-order valence-electron chi connectivity index (χ4n) is 4.62. The van der Waals surface area contributed by atoms with E-state index >= 15 is 0 Å². The van der Waals surface area contributed by atoms with Gasteiger partial charge in [-0.2, -0.15) is 0 Å². The first kappa shape index (κ1) is 24.8. The number of carbonyl (C=O) groups excluding carboxylic acids is 1. The molecule has 0 bridgehead atoms. The monoisotopic (exact) mass is 503 g/mol. The van der Waals surface area contributed by atoms with Gasteiger partial charge in [0.1, 0.15) is 16.9 Å². The minimum Gasteiger partial charge on any atom is -0.494 e. The number of aryl methyl sites for hydroxylation is 1. The van der Waals surface area contributed by atoms with Gasteiger partial charge in [-0.05, 0) is 56.0 Å². The van der Waals surface area contributed by atoms with Gasteiger partial charge < -0.3 is 24.3 Å². The lowest BCUT2D eigenvalue weighted by Crippen LogP contribution is -2.36. The maximum absolute atomic E-state index is 12.6. The van der Waals surface area contributed by atoms with Crippen molar-refractivity contribution in [3.05, 3.63) is 41.6 Å². The highest BCUT2D eigenvalue weighted by Crippen LogP contribution is 2.37. The molecule has 9 heteroatoms. The standard InChI is InChI=1S/C28H33N5O4/c1-15(29-27(36)28(2,3)4)19-10-9-17-12-21(33(24(17)30-19)14-16-7-8-16)25-31-20-11-18(26(34)35)13-22(37-6)23(20)32(25)5/h9-13,15-16H,7-8,14H2,1-6H3,(H,29,36)(H,34,35)/t15-/m1/s1. The molecule has 9 nitrogen and oxygen atoms in total. The van der Waals surface area contributed by atoms with Crippen LogP contribution in [0.2, 0.25) is 0 Å². The molecule has 0 radical (unpaired) electrons. The summed E-state index contributed by atoms with van der Waals surface area (Å²) in [5.74, 6) is 0.709. The molecule has 3 heterocycles. The van der Waals surface area contributed by atoms with E-state index in [2.05, 4.69) is 16.0 Å². The van der Waals surface area contributed by atoms with Gasteiger partial charge in [-0.15, -0.1) is 0 Å². The number of hydrogen-bond acceptors (Lipinski definition) is 5. The van der Waals surface area contributed by atoms with Crippen molar-refractivity contribution in [2.45, 2.75) is 53.1 Å². The Labute approximate surface area is 215 Å². The molecular weight excluding hydrogens is 470 g/mol. The zero-order valence-corrected chi connectivity index (χ0v) is 22.1. The number of nitrogens with one attached hydrogen (secondary N) is 1. The Morgan fingerprint density at radius 1 is 1.19 bits per heavy atom. The third-order valence-corrected chi connectivity index (χ3v) is 7.01. The van der Waals surface area contributed by atoms with E-state index in [4.69, 9.17) is 14.7 Å². The minimum atomic E-state index is -1.03. The van der Waals surface area contributed by atoms with E-state index < -0.39 is 11.4 Å². The van der Waals surface area contributed by atoms with Gasteiger partial charge in [-0.3, -0.25) is 4.79 Å². The Balaban J connectivity index is 1.64. The van der Waals surface area contributed by atoms with Gasteiger partial charge in [-0.1, -0.05) is 20.8 Å². The molecule has 194 valence electrons. The highest BCUT2D eigenvalue weighted by atomic mass is 16.5. The molecule has 3 aromatic heterocycles. The fraction of sp³-hybridized carbons (Fsp3) is 0.429. The summed E-state index contributed by atoms with van der Waals surface area (Å²) in [7, 11) is 3.44. The maximum atomic E-state index is 12.6. The van der Waals surface area contributed by atoms with E-state index in [9.17, 15) is 14.7 Å². The van der Waals surface area contributed by atoms with Gasteiger partial charge in [0.15, 0.2) is 5.82 Å². The highest BCUT2D eigenvalue weighted by Gasteiger charge is 2.28.